The second-order valence-corrected chi connectivity index (χ2v) is 5.06. The number of hydrogen-bond donors (Lipinski definition) is 1. The number of benzene rings is 1. The number of carbonyl (C=O) groups excluding carboxylic acids is 1. The van der Waals surface area contributed by atoms with Crippen LogP contribution in [-0.4, -0.2) is 20.7 Å². The molecule has 7 nitrogen and oxygen atoms in total. The van der Waals surface area contributed by atoms with Crippen molar-refractivity contribution in [2.24, 2.45) is 0 Å². The first-order valence-corrected chi connectivity index (χ1v) is 7.03. The van der Waals surface area contributed by atoms with Crippen molar-refractivity contribution in [2.75, 3.05) is 5.32 Å². The second kappa shape index (κ2) is 6.45. The van der Waals surface area contributed by atoms with E-state index < -0.39 is 0 Å². The normalized spacial score (nSPS) is 10.5. The highest BCUT2D eigenvalue weighted by Gasteiger charge is 2.10. The SMILES string of the molecule is O=C(Cn1cc(-c2nnco2)ccc1=O)Nc1ccccc1Cl. The van der Waals surface area contributed by atoms with Gasteiger partial charge in [-0.3, -0.25) is 9.59 Å². The van der Waals surface area contributed by atoms with E-state index in [9.17, 15) is 9.59 Å². The molecule has 3 rings (SSSR count). The molecule has 0 saturated carbocycles. The summed E-state index contributed by atoms with van der Waals surface area (Å²) in [5.74, 6) is -0.104. The summed E-state index contributed by atoms with van der Waals surface area (Å²) < 4.78 is 6.33. The van der Waals surface area contributed by atoms with Gasteiger partial charge in [0, 0.05) is 12.3 Å². The van der Waals surface area contributed by atoms with Crippen molar-refractivity contribution in [3.8, 4) is 11.5 Å². The molecule has 0 saturated heterocycles. The van der Waals surface area contributed by atoms with Crippen LogP contribution in [0.25, 0.3) is 11.5 Å². The fraction of sp³-hybridized carbons (Fsp3) is 0.0667. The Labute approximate surface area is 135 Å². The molecule has 0 atom stereocenters. The number of anilines is 1. The van der Waals surface area contributed by atoms with Crippen molar-refractivity contribution < 1.29 is 9.21 Å². The van der Waals surface area contributed by atoms with Gasteiger partial charge in [-0.1, -0.05) is 23.7 Å². The average molecular weight is 331 g/mol. The standard InChI is InChI=1S/C15H11ClN4O3/c16-11-3-1-2-4-12(11)18-13(21)8-20-7-10(5-6-14(20)22)15-19-17-9-23-15/h1-7,9H,8H2,(H,18,21). The third-order valence-electron chi connectivity index (χ3n) is 3.05. The molecular formula is C15H11ClN4O3. The fourth-order valence-electron chi connectivity index (χ4n) is 1.99. The quantitative estimate of drug-likeness (QED) is 0.792. The predicted octanol–water partition coefficient (Wildman–Crippen LogP) is 2.19. The van der Waals surface area contributed by atoms with E-state index in [4.69, 9.17) is 16.0 Å². The lowest BCUT2D eigenvalue weighted by atomic mass is 10.3. The number of para-hydroxylation sites is 1. The Hall–Kier alpha value is -2.93. The molecular weight excluding hydrogens is 320 g/mol. The topological polar surface area (TPSA) is 90.0 Å². The Kier molecular flexibility index (Phi) is 4.20. The molecule has 1 aromatic carbocycles. The summed E-state index contributed by atoms with van der Waals surface area (Å²) in [6.45, 7) is -0.161. The van der Waals surface area contributed by atoms with Gasteiger partial charge in [0.2, 0.25) is 18.2 Å². The molecule has 0 aliphatic carbocycles. The zero-order valence-corrected chi connectivity index (χ0v) is 12.5. The van der Waals surface area contributed by atoms with Crippen LogP contribution in [0.2, 0.25) is 5.02 Å². The van der Waals surface area contributed by atoms with Gasteiger partial charge in [0.25, 0.3) is 5.56 Å². The van der Waals surface area contributed by atoms with E-state index in [0.29, 0.717) is 16.3 Å². The van der Waals surface area contributed by atoms with Gasteiger partial charge in [0.15, 0.2) is 0 Å². The third kappa shape index (κ3) is 3.46. The van der Waals surface area contributed by atoms with Gasteiger partial charge < -0.3 is 14.3 Å². The van der Waals surface area contributed by atoms with Crippen molar-refractivity contribution >= 4 is 23.2 Å². The number of nitrogens with zero attached hydrogens (tertiary/aromatic N) is 3. The first-order valence-electron chi connectivity index (χ1n) is 6.65. The largest absolute Gasteiger partial charge is 0.423 e. The maximum atomic E-state index is 12.1. The van der Waals surface area contributed by atoms with Crippen molar-refractivity contribution in [3.05, 3.63) is 64.4 Å². The Bertz CT molecular complexity index is 890. The molecule has 0 aliphatic rings. The van der Waals surface area contributed by atoms with E-state index in [1.54, 1.807) is 30.3 Å². The number of pyridine rings is 1. The van der Waals surface area contributed by atoms with E-state index in [-0.39, 0.29) is 23.9 Å². The predicted molar refractivity (Wildman–Crippen MR) is 84.1 cm³/mol. The van der Waals surface area contributed by atoms with Crippen LogP contribution in [0.3, 0.4) is 0 Å². The van der Waals surface area contributed by atoms with Crippen LogP contribution < -0.4 is 10.9 Å². The number of hydrogen-bond acceptors (Lipinski definition) is 5. The summed E-state index contributed by atoms with van der Waals surface area (Å²) in [6, 6.07) is 9.75. The van der Waals surface area contributed by atoms with Crippen molar-refractivity contribution in [1.82, 2.24) is 14.8 Å². The molecule has 3 aromatic rings. The van der Waals surface area contributed by atoms with Gasteiger partial charge in [-0.25, -0.2) is 0 Å². The van der Waals surface area contributed by atoms with Crippen LogP contribution in [0.4, 0.5) is 5.69 Å². The number of amides is 1. The fourth-order valence-corrected chi connectivity index (χ4v) is 2.17. The lowest BCUT2D eigenvalue weighted by Crippen LogP contribution is -2.26. The lowest BCUT2D eigenvalue weighted by molar-refractivity contribution is -0.116. The van der Waals surface area contributed by atoms with E-state index >= 15 is 0 Å². The molecule has 1 amide bonds. The van der Waals surface area contributed by atoms with Crippen LogP contribution in [0.5, 0.6) is 0 Å². The molecule has 116 valence electrons. The number of carbonyl (C=O) groups is 1. The van der Waals surface area contributed by atoms with E-state index in [2.05, 4.69) is 15.5 Å². The average Bonchev–Trinajstić information content (AvgIpc) is 3.06. The highest BCUT2D eigenvalue weighted by molar-refractivity contribution is 6.33. The van der Waals surface area contributed by atoms with Gasteiger partial charge in [-0.15, -0.1) is 10.2 Å². The summed E-state index contributed by atoms with van der Waals surface area (Å²) >= 11 is 5.98. The molecule has 0 spiro atoms. The molecule has 2 aromatic heterocycles. The Balaban J connectivity index is 1.80. The monoisotopic (exact) mass is 330 g/mol. The number of rotatable bonds is 4. The number of nitrogens with one attached hydrogen (secondary N) is 1. The third-order valence-corrected chi connectivity index (χ3v) is 3.38. The Morgan fingerprint density at radius 2 is 2.09 bits per heavy atom. The van der Waals surface area contributed by atoms with Gasteiger partial charge >= 0.3 is 0 Å². The van der Waals surface area contributed by atoms with Gasteiger partial charge in [0.1, 0.15) is 6.54 Å². The molecule has 0 aliphatic heterocycles. The molecule has 1 N–H and O–H groups in total. The molecule has 0 bridgehead atoms. The summed E-state index contributed by atoms with van der Waals surface area (Å²) in [5.41, 5.74) is 0.718. The highest BCUT2D eigenvalue weighted by atomic mass is 35.5. The van der Waals surface area contributed by atoms with Crippen LogP contribution in [0.15, 0.2) is 58.2 Å². The van der Waals surface area contributed by atoms with Crippen LogP contribution in [0.1, 0.15) is 0 Å². The molecule has 23 heavy (non-hydrogen) atoms. The molecule has 0 radical (unpaired) electrons. The lowest BCUT2D eigenvalue weighted by Gasteiger charge is -2.09. The van der Waals surface area contributed by atoms with Crippen LogP contribution >= 0.6 is 11.6 Å². The summed E-state index contributed by atoms with van der Waals surface area (Å²) in [6.07, 6.45) is 2.68. The number of aromatic nitrogens is 3. The Morgan fingerprint density at radius 1 is 1.26 bits per heavy atom. The van der Waals surface area contributed by atoms with Crippen molar-refractivity contribution in [1.29, 1.82) is 0 Å². The second-order valence-electron chi connectivity index (χ2n) is 4.66. The maximum absolute atomic E-state index is 12.1. The summed E-state index contributed by atoms with van der Waals surface area (Å²) in [5, 5.41) is 10.4. The zero-order valence-electron chi connectivity index (χ0n) is 11.8. The minimum Gasteiger partial charge on any atom is -0.423 e. The minimum absolute atomic E-state index is 0.161. The van der Waals surface area contributed by atoms with Crippen LogP contribution in [0, 0.1) is 0 Å². The maximum Gasteiger partial charge on any atom is 0.251 e. The zero-order chi connectivity index (χ0) is 16.2. The van der Waals surface area contributed by atoms with Gasteiger partial charge in [-0.2, -0.15) is 0 Å². The summed E-state index contributed by atoms with van der Waals surface area (Å²) in [7, 11) is 0. The van der Waals surface area contributed by atoms with Crippen LogP contribution in [-0.2, 0) is 11.3 Å². The van der Waals surface area contributed by atoms with E-state index in [1.165, 1.54) is 23.2 Å². The molecule has 2 heterocycles. The van der Waals surface area contributed by atoms with E-state index in [1.807, 2.05) is 0 Å². The minimum atomic E-state index is -0.372. The smallest absolute Gasteiger partial charge is 0.251 e. The van der Waals surface area contributed by atoms with Crippen molar-refractivity contribution in [3.63, 3.8) is 0 Å². The van der Waals surface area contributed by atoms with Gasteiger partial charge in [-0.05, 0) is 18.2 Å². The number of halogens is 1. The Morgan fingerprint density at radius 3 is 2.83 bits per heavy atom. The van der Waals surface area contributed by atoms with Gasteiger partial charge in [0.05, 0.1) is 16.3 Å². The molecule has 0 fully saturated rings. The first-order chi connectivity index (χ1) is 11.1. The highest BCUT2D eigenvalue weighted by Crippen LogP contribution is 2.20. The summed E-state index contributed by atoms with van der Waals surface area (Å²) in [4.78, 5) is 24.0. The molecule has 8 heteroatoms. The van der Waals surface area contributed by atoms with E-state index in [0.717, 1.165) is 0 Å². The first kappa shape index (κ1) is 15.0. The van der Waals surface area contributed by atoms with Crippen molar-refractivity contribution in [2.45, 2.75) is 6.54 Å². The molecule has 0 unspecified atom stereocenters.